The van der Waals surface area contributed by atoms with Crippen molar-refractivity contribution in [3.05, 3.63) is 71.7 Å². The summed E-state index contributed by atoms with van der Waals surface area (Å²) in [5.41, 5.74) is 4.75. The number of rotatable bonds is 4. The van der Waals surface area contributed by atoms with Crippen LogP contribution in [0.4, 0.5) is 5.95 Å². The molecule has 1 fully saturated rings. The first kappa shape index (κ1) is 20.5. The number of anilines is 1. The molecule has 1 aliphatic rings. The van der Waals surface area contributed by atoms with Gasteiger partial charge in [-0.3, -0.25) is 15.0 Å². The molecule has 0 radical (unpaired) electrons. The Morgan fingerprint density at radius 2 is 1.84 bits per heavy atom. The van der Waals surface area contributed by atoms with Crippen molar-refractivity contribution in [3.63, 3.8) is 0 Å². The number of hydrogen-bond donors (Lipinski definition) is 3. The number of ether oxygens (including phenoxy) is 1. The van der Waals surface area contributed by atoms with Crippen molar-refractivity contribution in [2.75, 3.05) is 18.5 Å². The van der Waals surface area contributed by atoms with E-state index in [0.717, 1.165) is 29.5 Å². The zero-order valence-electron chi connectivity index (χ0n) is 16.7. The summed E-state index contributed by atoms with van der Waals surface area (Å²) in [5.74, 6) is 5.81. The fraction of sp³-hybridized carbons (Fsp3) is 0.217. The zero-order chi connectivity index (χ0) is 21.5. The minimum absolute atomic E-state index is 0.0718. The van der Waals surface area contributed by atoms with Crippen LogP contribution in [-0.2, 0) is 4.74 Å². The summed E-state index contributed by atoms with van der Waals surface area (Å²) in [7, 11) is 0. The van der Waals surface area contributed by atoms with Crippen LogP contribution in [0.15, 0.2) is 54.9 Å². The first-order chi connectivity index (χ1) is 15.2. The molecule has 3 heterocycles. The van der Waals surface area contributed by atoms with E-state index in [1.54, 1.807) is 17.9 Å². The maximum Gasteiger partial charge on any atom is 0.293 e. The van der Waals surface area contributed by atoms with E-state index in [1.165, 1.54) is 6.07 Å². The van der Waals surface area contributed by atoms with Crippen LogP contribution in [-0.4, -0.2) is 45.3 Å². The number of aromatic nitrogens is 3. The smallest absolute Gasteiger partial charge is 0.293 e. The second kappa shape index (κ2) is 9.80. The van der Waals surface area contributed by atoms with Gasteiger partial charge in [-0.1, -0.05) is 24.0 Å². The summed E-state index contributed by atoms with van der Waals surface area (Å²) < 4.78 is 5.38. The molecule has 3 aromatic rings. The first-order valence-electron chi connectivity index (χ1n) is 9.91. The zero-order valence-corrected chi connectivity index (χ0v) is 16.7. The highest BCUT2D eigenvalue weighted by atomic mass is 16.5. The average molecular weight is 415 g/mol. The van der Waals surface area contributed by atoms with Gasteiger partial charge in [0.2, 0.25) is 5.95 Å². The fourth-order valence-electron chi connectivity index (χ4n) is 3.16. The van der Waals surface area contributed by atoms with Crippen LogP contribution >= 0.6 is 0 Å². The van der Waals surface area contributed by atoms with Crippen LogP contribution in [0.1, 0.15) is 34.5 Å². The Morgan fingerprint density at radius 3 is 2.55 bits per heavy atom. The number of hydroxylamine groups is 1. The highest BCUT2D eigenvalue weighted by Gasteiger charge is 2.17. The van der Waals surface area contributed by atoms with Gasteiger partial charge >= 0.3 is 0 Å². The summed E-state index contributed by atoms with van der Waals surface area (Å²) in [6.07, 6.45) is 5.08. The molecule has 0 saturated carbocycles. The van der Waals surface area contributed by atoms with Gasteiger partial charge in [0.25, 0.3) is 5.91 Å². The fourth-order valence-corrected chi connectivity index (χ4v) is 3.16. The number of amides is 1. The number of nitrogens with one attached hydrogen (secondary N) is 2. The van der Waals surface area contributed by atoms with Crippen LogP contribution in [0.3, 0.4) is 0 Å². The third-order valence-electron chi connectivity index (χ3n) is 4.81. The Kier molecular flexibility index (Phi) is 6.47. The van der Waals surface area contributed by atoms with Crippen LogP contribution in [0.5, 0.6) is 0 Å². The van der Waals surface area contributed by atoms with Crippen molar-refractivity contribution < 1.29 is 14.7 Å². The Bertz CT molecular complexity index is 1100. The quantitative estimate of drug-likeness (QED) is 0.341. The number of pyridine rings is 1. The second-order valence-electron chi connectivity index (χ2n) is 7.00. The van der Waals surface area contributed by atoms with Crippen molar-refractivity contribution >= 4 is 11.9 Å². The summed E-state index contributed by atoms with van der Waals surface area (Å²) >= 11 is 0. The van der Waals surface area contributed by atoms with Crippen molar-refractivity contribution in [1.82, 2.24) is 20.4 Å². The van der Waals surface area contributed by atoms with Crippen molar-refractivity contribution in [2.45, 2.75) is 18.9 Å². The van der Waals surface area contributed by atoms with Gasteiger partial charge in [0.05, 0.1) is 5.69 Å². The lowest BCUT2D eigenvalue weighted by Crippen LogP contribution is -2.29. The molecule has 8 nitrogen and oxygen atoms in total. The largest absolute Gasteiger partial charge is 0.381 e. The Labute approximate surface area is 179 Å². The monoisotopic (exact) mass is 415 g/mol. The third-order valence-corrected chi connectivity index (χ3v) is 4.81. The Hall–Kier alpha value is -3.80. The van der Waals surface area contributed by atoms with E-state index in [-0.39, 0.29) is 11.7 Å². The van der Waals surface area contributed by atoms with Gasteiger partial charge in [-0.05, 0) is 43.2 Å². The van der Waals surface area contributed by atoms with Gasteiger partial charge in [0, 0.05) is 48.3 Å². The topological polar surface area (TPSA) is 109 Å². The molecule has 0 atom stereocenters. The van der Waals surface area contributed by atoms with E-state index in [2.05, 4.69) is 32.1 Å². The number of carbonyl (C=O) groups is 1. The Morgan fingerprint density at radius 1 is 1.06 bits per heavy atom. The molecule has 1 aliphatic heterocycles. The van der Waals surface area contributed by atoms with Gasteiger partial charge in [-0.25, -0.2) is 15.4 Å². The van der Waals surface area contributed by atoms with Crippen molar-refractivity contribution in [2.24, 2.45) is 0 Å². The molecule has 8 heteroatoms. The van der Waals surface area contributed by atoms with E-state index in [9.17, 15) is 4.79 Å². The maximum atomic E-state index is 12.0. The predicted octanol–water partition coefficient (Wildman–Crippen LogP) is 2.65. The minimum Gasteiger partial charge on any atom is -0.381 e. The molecular weight excluding hydrogens is 394 g/mol. The van der Waals surface area contributed by atoms with E-state index in [0.29, 0.717) is 24.9 Å². The van der Waals surface area contributed by atoms with Gasteiger partial charge in [-0.15, -0.1) is 0 Å². The molecule has 1 aromatic carbocycles. The standard InChI is InChI=1S/C23H21N5O3/c29-22(28-30)21-14-20(26-23(27-21)25-19-9-12-31-13-10-19)18-7-5-16(6-8-18)3-4-17-2-1-11-24-15-17/h1-2,5-8,11,14-15,19,30H,9-10,12-13H2,(H,28,29)(H,25,26,27). The van der Waals surface area contributed by atoms with E-state index >= 15 is 0 Å². The lowest BCUT2D eigenvalue weighted by molar-refractivity contribution is 0.0700. The highest BCUT2D eigenvalue weighted by Crippen LogP contribution is 2.21. The Balaban J connectivity index is 1.59. The lowest BCUT2D eigenvalue weighted by Gasteiger charge is -2.23. The predicted molar refractivity (Wildman–Crippen MR) is 114 cm³/mol. The maximum absolute atomic E-state index is 12.0. The number of benzene rings is 1. The second-order valence-corrected chi connectivity index (χ2v) is 7.00. The molecule has 4 rings (SSSR count). The SMILES string of the molecule is O=C(NO)c1cc(-c2ccc(C#Cc3cccnc3)cc2)nc(NC2CCOCC2)n1. The van der Waals surface area contributed by atoms with Crippen molar-refractivity contribution in [3.8, 4) is 23.1 Å². The summed E-state index contributed by atoms with van der Waals surface area (Å²) in [6, 6.07) is 13.0. The lowest BCUT2D eigenvalue weighted by atomic mass is 10.1. The van der Waals surface area contributed by atoms with Gasteiger partial charge in [0.1, 0.15) is 5.69 Å². The number of nitrogens with zero attached hydrogens (tertiary/aromatic N) is 3. The molecule has 2 aromatic heterocycles. The van der Waals surface area contributed by atoms with Crippen LogP contribution in [0.2, 0.25) is 0 Å². The van der Waals surface area contributed by atoms with E-state index in [1.807, 2.05) is 36.4 Å². The van der Waals surface area contributed by atoms with Gasteiger partial charge < -0.3 is 10.1 Å². The molecule has 31 heavy (non-hydrogen) atoms. The van der Waals surface area contributed by atoms with E-state index < -0.39 is 5.91 Å². The molecule has 0 spiro atoms. The molecule has 0 unspecified atom stereocenters. The third kappa shape index (κ3) is 5.42. The minimum atomic E-state index is -0.697. The van der Waals surface area contributed by atoms with Crippen LogP contribution in [0, 0.1) is 11.8 Å². The molecule has 1 amide bonds. The molecular formula is C23H21N5O3. The number of hydrogen-bond acceptors (Lipinski definition) is 7. The van der Waals surface area contributed by atoms with Crippen LogP contribution < -0.4 is 10.8 Å². The highest BCUT2D eigenvalue weighted by molar-refractivity contribution is 5.92. The molecule has 1 saturated heterocycles. The molecule has 156 valence electrons. The molecule has 0 aliphatic carbocycles. The first-order valence-corrected chi connectivity index (χ1v) is 9.91. The summed E-state index contributed by atoms with van der Waals surface area (Å²) in [4.78, 5) is 24.9. The molecule has 3 N–H and O–H groups in total. The number of carbonyl (C=O) groups excluding carboxylic acids is 1. The summed E-state index contributed by atoms with van der Waals surface area (Å²) in [5, 5.41) is 12.3. The normalized spacial score (nSPS) is 13.7. The van der Waals surface area contributed by atoms with Gasteiger partial charge in [0.15, 0.2) is 0 Å². The average Bonchev–Trinajstić information content (AvgIpc) is 2.83. The molecule has 0 bridgehead atoms. The van der Waals surface area contributed by atoms with Crippen LogP contribution in [0.25, 0.3) is 11.3 Å². The van der Waals surface area contributed by atoms with Crippen molar-refractivity contribution in [1.29, 1.82) is 0 Å². The van der Waals surface area contributed by atoms with Gasteiger partial charge in [-0.2, -0.15) is 0 Å². The summed E-state index contributed by atoms with van der Waals surface area (Å²) in [6.45, 7) is 1.34. The van der Waals surface area contributed by atoms with E-state index in [4.69, 9.17) is 9.94 Å².